The predicted molar refractivity (Wildman–Crippen MR) is 97.4 cm³/mol. The summed E-state index contributed by atoms with van der Waals surface area (Å²) >= 11 is 1.47. The van der Waals surface area contributed by atoms with Gasteiger partial charge in [0.1, 0.15) is 11.4 Å². The van der Waals surface area contributed by atoms with Crippen LogP contribution in [0.1, 0.15) is 27.7 Å². The van der Waals surface area contributed by atoms with Crippen LogP contribution in [0.25, 0.3) is 11.0 Å². The average molecular weight is 364 g/mol. The first-order valence-electron chi connectivity index (χ1n) is 8.01. The third-order valence-corrected chi connectivity index (χ3v) is 5.38. The van der Waals surface area contributed by atoms with Gasteiger partial charge in [-0.15, -0.1) is 11.3 Å². The van der Waals surface area contributed by atoms with Crippen LogP contribution < -0.4 is 15.9 Å². The first-order valence-corrected chi connectivity index (χ1v) is 8.89. The first-order chi connectivity index (χ1) is 12.6. The summed E-state index contributed by atoms with van der Waals surface area (Å²) in [4.78, 5) is 33.4. The lowest BCUT2D eigenvalue weighted by atomic mass is 9.89. The smallest absolute Gasteiger partial charge is 0.344 e. The van der Waals surface area contributed by atoms with E-state index < -0.39 is 11.5 Å². The SMILES string of the molecule is Cc1nc2c(c(=O)[nH]1)C(c1cccs1)c1c(c3ccccc3oc1=O)O2. The van der Waals surface area contributed by atoms with E-state index in [1.165, 1.54) is 11.3 Å². The van der Waals surface area contributed by atoms with Crippen LogP contribution in [-0.4, -0.2) is 9.97 Å². The van der Waals surface area contributed by atoms with E-state index >= 15 is 0 Å². The van der Waals surface area contributed by atoms with Crippen LogP contribution in [0, 0.1) is 6.92 Å². The van der Waals surface area contributed by atoms with E-state index in [0.717, 1.165) is 4.88 Å². The molecule has 1 aliphatic heterocycles. The van der Waals surface area contributed by atoms with Crippen LogP contribution in [0.15, 0.2) is 55.8 Å². The Labute approximate surface area is 150 Å². The fourth-order valence-corrected chi connectivity index (χ4v) is 4.22. The van der Waals surface area contributed by atoms with Crippen molar-refractivity contribution in [2.24, 2.45) is 0 Å². The normalized spacial score (nSPS) is 15.3. The molecule has 1 aliphatic rings. The molecule has 7 heteroatoms. The van der Waals surface area contributed by atoms with Gasteiger partial charge >= 0.3 is 5.63 Å². The highest BCUT2D eigenvalue weighted by molar-refractivity contribution is 7.10. The number of hydrogen-bond acceptors (Lipinski definition) is 6. The molecule has 6 nitrogen and oxygen atoms in total. The maximum absolute atomic E-state index is 12.8. The van der Waals surface area contributed by atoms with Crippen molar-refractivity contribution in [3.8, 4) is 11.6 Å². The molecule has 0 spiro atoms. The van der Waals surface area contributed by atoms with Gasteiger partial charge in [0.25, 0.3) is 5.56 Å². The molecule has 128 valence electrons. The fraction of sp³-hybridized carbons (Fsp3) is 0.105. The molecule has 5 rings (SSSR count). The summed E-state index contributed by atoms with van der Waals surface area (Å²) in [5, 5.41) is 2.58. The number of benzene rings is 1. The molecule has 1 atom stereocenters. The van der Waals surface area contributed by atoms with Crippen LogP contribution in [-0.2, 0) is 0 Å². The number of para-hydroxylation sites is 1. The van der Waals surface area contributed by atoms with Crippen molar-refractivity contribution >= 4 is 22.3 Å². The van der Waals surface area contributed by atoms with Gasteiger partial charge in [0, 0.05) is 4.88 Å². The van der Waals surface area contributed by atoms with E-state index in [1.54, 1.807) is 19.1 Å². The molecule has 0 fully saturated rings. The molecular formula is C19H12N2O4S. The summed E-state index contributed by atoms with van der Waals surface area (Å²) in [6.07, 6.45) is 0. The van der Waals surface area contributed by atoms with Crippen molar-refractivity contribution in [1.82, 2.24) is 9.97 Å². The van der Waals surface area contributed by atoms with E-state index in [-0.39, 0.29) is 11.4 Å². The Bertz CT molecular complexity index is 1270. The van der Waals surface area contributed by atoms with Gasteiger partial charge in [-0.05, 0) is 30.5 Å². The number of rotatable bonds is 1. The van der Waals surface area contributed by atoms with Crippen molar-refractivity contribution in [2.75, 3.05) is 0 Å². The standard InChI is InChI=1S/C19H12N2O4S/c1-9-20-17(22)15-13(12-7-4-8-26-12)14-16(25-18(15)21-9)10-5-2-3-6-11(10)24-19(14)23/h2-8,13H,1H3,(H,20,21,22). The van der Waals surface area contributed by atoms with Crippen LogP contribution in [0.3, 0.4) is 0 Å². The molecule has 1 unspecified atom stereocenters. The second-order valence-electron chi connectivity index (χ2n) is 6.05. The van der Waals surface area contributed by atoms with Gasteiger partial charge in [0.15, 0.2) is 5.75 Å². The van der Waals surface area contributed by atoms with Crippen molar-refractivity contribution < 1.29 is 9.15 Å². The first kappa shape index (κ1) is 15.1. The third-order valence-electron chi connectivity index (χ3n) is 4.44. The molecule has 0 bridgehead atoms. The van der Waals surface area contributed by atoms with Crippen LogP contribution >= 0.6 is 11.3 Å². The van der Waals surface area contributed by atoms with Crippen LogP contribution in [0.2, 0.25) is 0 Å². The molecule has 0 amide bonds. The van der Waals surface area contributed by atoms with Gasteiger partial charge in [-0.1, -0.05) is 18.2 Å². The molecule has 1 N–H and O–H groups in total. The van der Waals surface area contributed by atoms with Gasteiger partial charge in [0.05, 0.1) is 22.4 Å². The van der Waals surface area contributed by atoms with E-state index in [9.17, 15) is 9.59 Å². The number of ether oxygens (including phenoxy) is 1. The molecule has 0 saturated heterocycles. The fourth-order valence-electron chi connectivity index (χ4n) is 3.38. The highest BCUT2D eigenvalue weighted by Gasteiger charge is 2.37. The Balaban J connectivity index is 1.94. The number of nitrogens with one attached hydrogen (secondary N) is 1. The second kappa shape index (κ2) is 5.40. The lowest BCUT2D eigenvalue weighted by Crippen LogP contribution is -2.28. The number of fused-ring (bicyclic) bond motifs is 4. The number of aromatic nitrogens is 2. The molecule has 26 heavy (non-hydrogen) atoms. The highest BCUT2D eigenvalue weighted by Crippen LogP contribution is 2.47. The molecule has 0 aliphatic carbocycles. The van der Waals surface area contributed by atoms with Crippen LogP contribution in [0.5, 0.6) is 11.6 Å². The topological polar surface area (TPSA) is 85.2 Å². The molecule has 4 aromatic rings. The van der Waals surface area contributed by atoms with Crippen LogP contribution in [0.4, 0.5) is 0 Å². The predicted octanol–water partition coefficient (Wildman–Crippen LogP) is 3.53. The van der Waals surface area contributed by atoms with E-state index in [2.05, 4.69) is 9.97 Å². The largest absolute Gasteiger partial charge is 0.437 e. The third kappa shape index (κ3) is 2.07. The van der Waals surface area contributed by atoms with Gasteiger partial charge in [0.2, 0.25) is 5.88 Å². The summed E-state index contributed by atoms with van der Waals surface area (Å²) in [5.41, 5.74) is 0.265. The van der Waals surface area contributed by atoms with Crippen molar-refractivity contribution in [1.29, 1.82) is 0 Å². The minimum atomic E-state index is -0.577. The van der Waals surface area contributed by atoms with Gasteiger partial charge in [-0.3, -0.25) is 4.79 Å². The second-order valence-corrected chi connectivity index (χ2v) is 7.03. The lowest BCUT2D eigenvalue weighted by molar-refractivity contribution is 0.419. The summed E-state index contributed by atoms with van der Waals surface area (Å²) in [6, 6.07) is 11.0. The number of thiophene rings is 1. The Morgan fingerprint density at radius 1 is 1.12 bits per heavy atom. The molecular weight excluding hydrogens is 352 g/mol. The zero-order valence-corrected chi connectivity index (χ0v) is 14.4. The van der Waals surface area contributed by atoms with E-state index in [1.807, 2.05) is 29.6 Å². The number of aryl methyl sites for hydroxylation is 1. The average Bonchev–Trinajstić information content (AvgIpc) is 3.14. The van der Waals surface area contributed by atoms with Gasteiger partial charge < -0.3 is 14.1 Å². The monoisotopic (exact) mass is 364 g/mol. The summed E-state index contributed by atoms with van der Waals surface area (Å²) in [7, 11) is 0. The Hall–Kier alpha value is -3.19. The highest BCUT2D eigenvalue weighted by atomic mass is 32.1. The maximum Gasteiger partial charge on any atom is 0.344 e. The minimum Gasteiger partial charge on any atom is -0.437 e. The molecule has 4 heterocycles. The molecule has 0 radical (unpaired) electrons. The number of H-pyrrole nitrogens is 1. The summed E-state index contributed by atoms with van der Waals surface area (Å²) < 4.78 is 11.5. The van der Waals surface area contributed by atoms with Crippen molar-refractivity contribution in [2.45, 2.75) is 12.8 Å². The van der Waals surface area contributed by atoms with Gasteiger partial charge in [-0.25, -0.2) is 4.79 Å². The molecule has 0 saturated carbocycles. The zero-order chi connectivity index (χ0) is 17.8. The maximum atomic E-state index is 12.8. The minimum absolute atomic E-state index is 0.230. The van der Waals surface area contributed by atoms with E-state index in [0.29, 0.717) is 33.7 Å². The summed E-state index contributed by atoms with van der Waals surface area (Å²) in [6.45, 7) is 1.69. The Morgan fingerprint density at radius 2 is 1.96 bits per heavy atom. The number of nitrogens with zero attached hydrogens (tertiary/aromatic N) is 1. The Morgan fingerprint density at radius 3 is 2.77 bits per heavy atom. The zero-order valence-electron chi connectivity index (χ0n) is 13.6. The number of hydrogen-bond donors (Lipinski definition) is 1. The lowest BCUT2D eigenvalue weighted by Gasteiger charge is -2.25. The summed E-state index contributed by atoms with van der Waals surface area (Å²) in [5.74, 6) is 0.508. The number of aromatic amines is 1. The quantitative estimate of drug-likeness (QED) is 0.460. The van der Waals surface area contributed by atoms with Crippen molar-refractivity contribution in [3.63, 3.8) is 0 Å². The van der Waals surface area contributed by atoms with Gasteiger partial charge in [-0.2, -0.15) is 4.98 Å². The van der Waals surface area contributed by atoms with Crippen molar-refractivity contribution in [3.05, 3.63) is 84.4 Å². The molecule has 1 aromatic carbocycles. The Kier molecular flexibility index (Phi) is 3.14. The molecule has 3 aromatic heterocycles. The van der Waals surface area contributed by atoms with E-state index in [4.69, 9.17) is 9.15 Å².